The van der Waals surface area contributed by atoms with E-state index in [9.17, 15) is 4.79 Å². The van der Waals surface area contributed by atoms with Crippen molar-refractivity contribution < 1.29 is 14.3 Å². The van der Waals surface area contributed by atoms with Gasteiger partial charge in [0.1, 0.15) is 5.60 Å². The second-order valence-electron chi connectivity index (χ2n) is 7.78. The highest BCUT2D eigenvalue weighted by Crippen LogP contribution is 2.26. The van der Waals surface area contributed by atoms with E-state index in [1.54, 1.807) is 0 Å². The first kappa shape index (κ1) is 18.5. The minimum atomic E-state index is -0.470. The van der Waals surface area contributed by atoms with Crippen LogP contribution in [0.5, 0.6) is 0 Å². The normalized spacial score (nSPS) is 32.2. The number of alkyl carbamates (subject to hydrolysis) is 1. The molecule has 2 rings (SSSR count). The van der Waals surface area contributed by atoms with Crippen LogP contribution in [0.2, 0.25) is 0 Å². The van der Waals surface area contributed by atoms with E-state index < -0.39 is 5.60 Å². The topological polar surface area (TPSA) is 62.8 Å². The van der Waals surface area contributed by atoms with Gasteiger partial charge in [0.15, 0.2) is 0 Å². The Morgan fingerprint density at radius 2 is 2.09 bits per heavy atom. The predicted octanol–water partition coefficient (Wildman–Crippen LogP) is 1.74. The van der Waals surface area contributed by atoms with E-state index in [0.29, 0.717) is 12.6 Å². The minimum Gasteiger partial charge on any atom is -0.444 e. The molecule has 23 heavy (non-hydrogen) atoms. The predicted molar refractivity (Wildman–Crippen MR) is 90.6 cm³/mol. The summed E-state index contributed by atoms with van der Waals surface area (Å²) in [4.78, 5) is 14.4. The highest BCUT2D eigenvalue weighted by molar-refractivity contribution is 5.68. The molecule has 1 amide bonds. The van der Waals surface area contributed by atoms with Crippen LogP contribution >= 0.6 is 0 Å². The molecule has 1 aliphatic heterocycles. The number of hydrogen-bond donors (Lipinski definition) is 2. The van der Waals surface area contributed by atoms with Crippen molar-refractivity contribution in [1.82, 2.24) is 15.5 Å². The Morgan fingerprint density at radius 3 is 2.70 bits per heavy atom. The summed E-state index contributed by atoms with van der Waals surface area (Å²) in [5.41, 5.74) is -0.470. The van der Waals surface area contributed by atoms with Crippen LogP contribution < -0.4 is 10.6 Å². The summed E-state index contributed by atoms with van der Waals surface area (Å²) < 4.78 is 11.2. The van der Waals surface area contributed by atoms with Crippen LogP contribution in [-0.4, -0.2) is 67.6 Å². The maximum atomic E-state index is 12.0. The van der Waals surface area contributed by atoms with Crippen LogP contribution in [0.15, 0.2) is 0 Å². The van der Waals surface area contributed by atoms with Crippen LogP contribution in [0.4, 0.5) is 4.79 Å². The molecule has 1 heterocycles. The van der Waals surface area contributed by atoms with Gasteiger partial charge in [-0.3, -0.25) is 0 Å². The summed E-state index contributed by atoms with van der Waals surface area (Å²) in [6.45, 7) is 10.6. The van der Waals surface area contributed by atoms with E-state index >= 15 is 0 Å². The van der Waals surface area contributed by atoms with E-state index in [1.165, 1.54) is 12.8 Å². The Balaban J connectivity index is 1.87. The minimum absolute atomic E-state index is 0.0774. The molecule has 0 bridgehead atoms. The molecular weight excluding hydrogens is 294 g/mol. The van der Waals surface area contributed by atoms with Crippen LogP contribution in [0.25, 0.3) is 0 Å². The van der Waals surface area contributed by atoms with Gasteiger partial charge in [-0.15, -0.1) is 0 Å². The van der Waals surface area contributed by atoms with Gasteiger partial charge in [-0.2, -0.15) is 0 Å². The fourth-order valence-corrected chi connectivity index (χ4v) is 3.40. The van der Waals surface area contributed by atoms with Crippen molar-refractivity contribution >= 4 is 6.09 Å². The van der Waals surface area contributed by atoms with Crippen molar-refractivity contribution in [3.8, 4) is 0 Å². The van der Waals surface area contributed by atoms with E-state index in [-0.39, 0.29) is 24.3 Å². The zero-order chi connectivity index (χ0) is 17.0. The maximum absolute atomic E-state index is 12.0. The molecule has 2 aliphatic rings. The maximum Gasteiger partial charge on any atom is 0.407 e. The first-order chi connectivity index (χ1) is 10.8. The summed E-state index contributed by atoms with van der Waals surface area (Å²) in [6.07, 6.45) is 3.06. The summed E-state index contributed by atoms with van der Waals surface area (Å²) >= 11 is 0. The Bertz CT molecular complexity index is 397. The van der Waals surface area contributed by atoms with Gasteiger partial charge in [0, 0.05) is 19.2 Å². The number of carbonyl (C=O) groups excluding carboxylic acids is 1. The average molecular weight is 327 g/mol. The van der Waals surface area contributed by atoms with Crippen LogP contribution in [0, 0.1) is 0 Å². The van der Waals surface area contributed by atoms with Crippen LogP contribution in [0.1, 0.15) is 47.0 Å². The third-order valence-corrected chi connectivity index (χ3v) is 4.46. The molecule has 4 atom stereocenters. The standard InChI is InChI=1S/C17H33N3O3/c1-6-22-14-10-13(19-16(21)23-17(2,3)4)15(14)18-12-8-7-9-20(5)11-12/h12-15,18H,6-11H2,1-5H3,(H,19,21). The van der Waals surface area contributed by atoms with Gasteiger partial charge in [0.05, 0.1) is 18.2 Å². The molecule has 1 saturated carbocycles. The monoisotopic (exact) mass is 327 g/mol. The Labute approximate surface area is 140 Å². The highest BCUT2D eigenvalue weighted by Gasteiger charge is 2.44. The van der Waals surface area contributed by atoms with Crippen molar-refractivity contribution in [2.45, 2.75) is 76.8 Å². The summed E-state index contributed by atoms with van der Waals surface area (Å²) in [5, 5.41) is 6.70. The van der Waals surface area contributed by atoms with Crippen LogP contribution in [0.3, 0.4) is 0 Å². The molecule has 0 spiro atoms. The number of nitrogens with one attached hydrogen (secondary N) is 2. The van der Waals surface area contributed by atoms with Gasteiger partial charge < -0.3 is 25.0 Å². The molecule has 1 saturated heterocycles. The van der Waals surface area contributed by atoms with Gasteiger partial charge in [-0.05, 0) is 60.5 Å². The number of piperidine rings is 1. The van der Waals surface area contributed by atoms with Gasteiger partial charge in [-0.1, -0.05) is 0 Å². The van der Waals surface area contributed by atoms with Crippen molar-refractivity contribution in [3.05, 3.63) is 0 Å². The number of likely N-dealkylation sites (N-methyl/N-ethyl adjacent to an activating group) is 1. The lowest BCUT2D eigenvalue weighted by atomic mass is 9.81. The molecule has 0 radical (unpaired) electrons. The highest BCUT2D eigenvalue weighted by atomic mass is 16.6. The molecule has 4 unspecified atom stereocenters. The number of nitrogens with zero attached hydrogens (tertiary/aromatic N) is 1. The SMILES string of the molecule is CCOC1CC(NC(=O)OC(C)(C)C)C1NC1CCCN(C)C1. The van der Waals surface area contributed by atoms with E-state index in [1.807, 2.05) is 27.7 Å². The molecule has 6 heteroatoms. The molecule has 0 aromatic carbocycles. The lowest BCUT2D eigenvalue weighted by molar-refractivity contribution is -0.0488. The molecule has 0 aromatic heterocycles. The van der Waals surface area contributed by atoms with Crippen molar-refractivity contribution in [3.63, 3.8) is 0 Å². The summed E-state index contributed by atoms with van der Waals surface area (Å²) in [7, 11) is 2.16. The smallest absolute Gasteiger partial charge is 0.407 e. The average Bonchev–Trinajstić information content (AvgIpc) is 2.42. The first-order valence-electron chi connectivity index (χ1n) is 8.84. The molecule has 2 N–H and O–H groups in total. The molecule has 6 nitrogen and oxygen atoms in total. The lowest BCUT2D eigenvalue weighted by Gasteiger charge is -2.47. The van der Waals surface area contributed by atoms with E-state index in [4.69, 9.17) is 9.47 Å². The zero-order valence-corrected chi connectivity index (χ0v) is 15.2. The zero-order valence-electron chi connectivity index (χ0n) is 15.2. The quantitative estimate of drug-likeness (QED) is 0.805. The third-order valence-electron chi connectivity index (χ3n) is 4.46. The van der Waals surface area contributed by atoms with Gasteiger partial charge in [-0.25, -0.2) is 4.79 Å². The Hall–Kier alpha value is -0.850. The second kappa shape index (κ2) is 7.81. The van der Waals surface area contributed by atoms with Crippen molar-refractivity contribution in [2.24, 2.45) is 0 Å². The third kappa shape index (κ3) is 5.62. The number of hydrogen-bond acceptors (Lipinski definition) is 5. The molecule has 1 aliphatic carbocycles. The second-order valence-corrected chi connectivity index (χ2v) is 7.78. The fraction of sp³-hybridized carbons (Fsp3) is 0.941. The lowest BCUT2D eigenvalue weighted by Crippen LogP contribution is -2.68. The summed E-state index contributed by atoms with van der Waals surface area (Å²) in [6, 6.07) is 0.706. The van der Waals surface area contributed by atoms with Crippen molar-refractivity contribution in [1.29, 1.82) is 0 Å². The number of amides is 1. The number of rotatable bonds is 5. The molecule has 0 aromatic rings. The van der Waals surface area contributed by atoms with E-state index in [0.717, 1.165) is 19.5 Å². The Morgan fingerprint density at radius 1 is 1.35 bits per heavy atom. The number of likely N-dealkylation sites (tertiary alicyclic amines) is 1. The number of carbonyl (C=O) groups is 1. The summed E-state index contributed by atoms with van der Waals surface area (Å²) in [5.74, 6) is 0. The van der Waals surface area contributed by atoms with Gasteiger partial charge in [0.25, 0.3) is 0 Å². The van der Waals surface area contributed by atoms with Gasteiger partial charge >= 0.3 is 6.09 Å². The largest absolute Gasteiger partial charge is 0.444 e. The Kier molecular flexibility index (Phi) is 6.28. The fourth-order valence-electron chi connectivity index (χ4n) is 3.40. The van der Waals surface area contributed by atoms with Crippen molar-refractivity contribution in [2.75, 3.05) is 26.7 Å². The molecule has 134 valence electrons. The molecular formula is C17H33N3O3. The van der Waals surface area contributed by atoms with Gasteiger partial charge in [0.2, 0.25) is 0 Å². The van der Waals surface area contributed by atoms with E-state index in [2.05, 4.69) is 22.6 Å². The first-order valence-corrected chi connectivity index (χ1v) is 8.84. The molecule has 2 fully saturated rings. The van der Waals surface area contributed by atoms with Crippen LogP contribution in [-0.2, 0) is 9.47 Å². The number of ether oxygens (including phenoxy) is 2.